The van der Waals surface area contributed by atoms with Gasteiger partial charge < -0.3 is 10.4 Å². The predicted molar refractivity (Wildman–Crippen MR) is 85.3 cm³/mol. The van der Waals surface area contributed by atoms with Crippen LogP contribution in [0.1, 0.15) is 49.7 Å². The molecule has 0 saturated carbocycles. The van der Waals surface area contributed by atoms with E-state index in [1.807, 2.05) is 27.7 Å². The number of aliphatic carboxylic acids is 1. The first-order valence-electron chi connectivity index (χ1n) is 7.52. The third-order valence-corrected chi connectivity index (χ3v) is 3.54. The first kappa shape index (κ1) is 16.9. The van der Waals surface area contributed by atoms with Crippen molar-refractivity contribution in [1.82, 2.24) is 19.9 Å². The number of rotatable bonds is 5. The average molecular weight is 318 g/mol. The number of aromatic nitrogens is 3. The Balaban J connectivity index is 2.17. The zero-order valence-electron chi connectivity index (χ0n) is 13.8. The molecular formula is C16H22N4O3. The van der Waals surface area contributed by atoms with E-state index in [1.165, 1.54) is 10.7 Å². The molecule has 0 spiro atoms. The normalized spacial score (nSPS) is 13.0. The number of carbonyl (C=O) groups is 2. The molecule has 1 atom stereocenters. The van der Waals surface area contributed by atoms with Crippen molar-refractivity contribution in [2.75, 3.05) is 0 Å². The predicted octanol–water partition coefficient (Wildman–Crippen LogP) is 2.05. The summed E-state index contributed by atoms with van der Waals surface area (Å²) in [5.74, 6) is -1.51. The molecule has 7 nitrogen and oxygen atoms in total. The summed E-state index contributed by atoms with van der Waals surface area (Å²) in [6.07, 6.45) is 4.18. The lowest BCUT2D eigenvalue weighted by atomic mass is 9.88. The molecule has 1 unspecified atom stereocenters. The van der Waals surface area contributed by atoms with Crippen molar-refractivity contribution >= 4 is 17.5 Å². The smallest absolute Gasteiger partial charge is 0.326 e. The van der Waals surface area contributed by atoms with Gasteiger partial charge in [0, 0.05) is 11.9 Å². The molecule has 0 radical (unpaired) electrons. The van der Waals surface area contributed by atoms with Crippen LogP contribution in [0.3, 0.4) is 0 Å². The van der Waals surface area contributed by atoms with Gasteiger partial charge in [0.2, 0.25) is 0 Å². The molecule has 2 heterocycles. The van der Waals surface area contributed by atoms with E-state index in [0.717, 1.165) is 5.69 Å². The zero-order chi connectivity index (χ0) is 17.2. The van der Waals surface area contributed by atoms with Gasteiger partial charge in [0.1, 0.15) is 11.6 Å². The van der Waals surface area contributed by atoms with Crippen LogP contribution in [0.15, 0.2) is 18.5 Å². The van der Waals surface area contributed by atoms with Gasteiger partial charge in [-0.05, 0) is 31.2 Å². The number of carbonyl (C=O) groups excluding carboxylic acids is 1. The second-order valence-electron chi connectivity index (χ2n) is 6.86. The van der Waals surface area contributed by atoms with Crippen LogP contribution in [0.2, 0.25) is 0 Å². The molecular weight excluding hydrogens is 296 g/mol. The SMILES string of the molecule is Cc1ccn2ncc(C(=O)NC(CCC(C)(C)C)C(=O)O)c2n1. The van der Waals surface area contributed by atoms with E-state index in [0.29, 0.717) is 18.5 Å². The van der Waals surface area contributed by atoms with Gasteiger partial charge in [-0.2, -0.15) is 5.10 Å². The maximum atomic E-state index is 12.4. The maximum absolute atomic E-state index is 12.4. The number of amides is 1. The second kappa shape index (κ2) is 6.36. The molecule has 0 fully saturated rings. The van der Waals surface area contributed by atoms with Gasteiger partial charge >= 0.3 is 5.97 Å². The number of carboxylic acids is 1. The minimum atomic E-state index is -1.04. The van der Waals surface area contributed by atoms with E-state index in [-0.39, 0.29) is 11.0 Å². The number of carboxylic acid groups (broad SMARTS) is 1. The Morgan fingerprint density at radius 1 is 1.39 bits per heavy atom. The monoisotopic (exact) mass is 318 g/mol. The standard InChI is InChI=1S/C16H22N4O3/c1-10-6-8-20-13(18-10)11(9-17-20)14(21)19-12(15(22)23)5-7-16(2,3)4/h6,8-9,12H,5,7H2,1-4H3,(H,19,21)(H,22,23). The number of fused-ring (bicyclic) bond motifs is 1. The Bertz CT molecular complexity index is 730. The van der Waals surface area contributed by atoms with Gasteiger partial charge in [0.05, 0.1) is 6.20 Å². The molecule has 124 valence electrons. The van der Waals surface area contributed by atoms with Crippen molar-refractivity contribution in [2.45, 2.75) is 46.6 Å². The van der Waals surface area contributed by atoms with Gasteiger partial charge in [-0.1, -0.05) is 20.8 Å². The van der Waals surface area contributed by atoms with E-state index in [2.05, 4.69) is 15.4 Å². The summed E-state index contributed by atoms with van der Waals surface area (Å²) >= 11 is 0. The van der Waals surface area contributed by atoms with E-state index in [4.69, 9.17) is 0 Å². The Hall–Kier alpha value is -2.44. The topological polar surface area (TPSA) is 96.6 Å². The molecule has 2 rings (SSSR count). The molecule has 2 N–H and O–H groups in total. The Morgan fingerprint density at radius 2 is 2.09 bits per heavy atom. The Morgan fingerprint density at radius 3 is 2.70 bits per heavy atom. The number of hydrogen-bond donors (Lipinski definition) is 2. The molecule has 1 amide bonds. The summed E-state index contributed by atoms with van der Waals surface area (Å²) < 4.78 is 1.49. The minimum absolute atomic E-state index is 0.00149. The Labute approximate surface area is 134 Å². The van der Waals surface area contributed by atoms with Crippen LogP contribution in [-0.4, -0.2) is 37.6 Å². The summed E-state index contributed by atoms with van der Waals surface area (Å²) in [6.45, 7) is 7.92. The van der Waals surface area contributed by atoms with Crippen molar-refractivity contribution in [1.29, 1.82) is 0 Å². The summed E-state index contributed by atoms with van der Waals surface area (Å²) in [4.78, 5) is 28.1. The summed E-state index contributed by atoms with van der Waals surface area (Å²) in [5.41, 5.74) is 1.45. The fourth-order valence-electron chi connectivity index (χ4n) is 2.19. The first-order valence-corrected chi connectivity index (χ1v) is 7.52. The highest BCUT2D eigenvalue weighted by Gasteiger charge is 2.24. The van der Waals surface area contributed by atoms with Crippen molar-refractivity contribution in [3.63, 3.8) is 0 Å². The highest BCUT2D eigenvalue weighted by atomic mass is 16.4. The summed E-state index contributed by atoms with van der Waals surface area (Å²) in [5, 5.41) is 16.0. The molecule has 0 aliphatic carbocycles. The van der Waals surface area contributed by atoms with Gasteiger partial charge in [-0.25, -0.2) is 14.3 Å². The highest BCUT2D eigenvalue weighted by Crippen LogP contribution is 2.22. The third-order valence-electron chi connectivity index (χ3n) is 3.54. The first-order chi connectivity index (χ1) is 10.7. The summed E-state index contributed by atoms with van der Waals surface area (Å²) in [7, 11) is 0. The minimum Gasteiger partial charge on any atom is -0.480 e. The number of aryl methyl sites for hydroxylation is 1. The molecule has 0 saturated heterocycles. The average Bonchev–Trinajstić information content (AvgIpc) is 2.84. The number of hydrogen-bond acceptors (Lipinski definition) is 4. The lowest BCUT2D eigenvalue weighted by molar-refractivity contribution is -0.139. The van der Waals surface area contributed by atoms with Gasteiger partial charge in [0.25, 0.3) is 5.91 Å². The van der Waals surface area contributed by atoms with E-state index in [1.54, 1.807) is 12.3 Å². The molecule has 23 heavy (non-hydrogen) atoms. The quantitative estimate of drug-likeness (QED) is 0.879. The lowest BCUT2D eigenvalue weighted by Crippen LogP contribution is -2.41. The van der Waals surface area contributed by atoms with Crippen LogP contribution >= 0.6 is 0 Å². The van der Waals surface area contributed by atoms with Crippen LogP contribution in [0, 0.1) is 12.3 Å². The zero-order valence-corrected chi connectivity index (χ0v) is 13.8. The molecule has 0 aromatic carbocycles. The van der Waals surface area contributed by atoms with Crippen LogP contribution in [0.4, 0.5) is 0 Å². The molecule has 7 heteroatoms. The van der Waals surface area contributed by atoms with Crippen LogP contribution in [0.25, 0.3) is 5.65 Å². The van der Waals surface area contributed by atoms with Gasteiger partial charge in [-0.3, -0.25) is 4.79 Å². The van der Waals surface area contributed by atoms with Gasteiger partial charge in [-0.15, -0.1) is 0 Å². The molecule has 0 aliphatic rings. The van der Waals surface area contributed by atoms with Crippen LogP contribution in [0.5, 0.6) is 0 Å². The van der Waals surface area contributed by atoms with Crippen molar-refractivity contribution in [2.24, 2.45) is 5.41 Å². The Kier molecular flexibility index (Phi) is 4.68. The fourth-order valence-corrected chi connectivity index (χ4v) is 2.19. The number of nitrogens with zero attached hydrogens (tertiary/aromatic N) is 3. The van der Waals surface area contributed by atoms with Crippen molar-refractivity contribution < 1.29 is 14.7 Å². The maximum Gasteiger partial charge on any atom is 0.326 e. The number of nitrogens with one attached hydrogen (secondary N) is 1. The molecule has 2 aromatic rings. The molecule has 2 aromatic heterocycles. The second-order valence-corrected chi connectivity index (χ2v) is 6.86. The molecule has 0 aliphatic heterocycles. The van der Waals surface area contributed by atoms with Crippen molar-refractivity contribution in [3.05, 3.63) is 29.7 Å². The largest absolute Gasteiger partial charge is 0.480 e. The van der Waals surface area contributed by atoms with Gasteiger partial charge in [0.15, 0.2) is 5.65 Å². The van der Waals surface area contributed by atoms with E-state index < -0.39 is 17.9 Å². The fraction of sp³-hybridized carbons (Fsp3) is 0.500. The third kappa shape index (κ3) is 4.28. The summed E-state index contributed by atoms with van der Waals surface area (Å²) in [6, 6.07) is 0.854. The van der Waals surface area contributed by atoms with Crippen LogP contribution < -0.4 is 5.32 Å². The van der Waals surface area contributed by atoms with Crippen molar-refractivity contribution in [3.8, 4) is 0 Å². The van der Waals surface area contributed by atoms with Crippen LogP contribution in [-0.2, 0) is 4.79 Å². The highest BCUT2D eigenvalue weighted by molar-refractivity contribution is 6.01. The van der Waals surface area contributed by atoms with E-state index >= 15 is 0 Å². The molecule has 0 bridgehead atoms. The van der Waals surface area contributed by atoms with E-state index in [9.17, 15) is 14.7 Å². The lowest BCUT2D eigenvalue weighted by Gasteiger charge is -2.21.